The number of benzene rings is 1. The molecule has 0 aliphatic heterocycles. The SMILES string of the molecule is COc1ccccc1Cn1c(=O)c2sccc2n2c(SCC(=O)NC(C)C)nnc12. The van der Waals surface area contributed by atoms with Crippen molar-refractivity contribution in [1.29, 1.82) is 0 Å². The lowest BCUT2D eigenvalue weighted by Gasteiger charge is -2.12. The van der Waals surface area contributed by atoms with Gasteiger partial charge in [0.15, 0.2) is 5.16 Å². The van der Waals surface area contributed by atoms with Gasteiger partial charge < -0.3 is 10.1 Å². The molecule has 0 atom stereocenters. The molecule has 0 spiro atoms. The summed E-state index contributed by atoms with van der Waals surface area (Å²) in [6.45, 7) is 4.14. The number of methoxy groups -OCH3 is 1. The summed E-state index contributed by atoms with van der Waals surface area (Å²) in [6.07, 6.45) is 0. The number of fused-ring (bicyclic) bond motifs is 3. The Balaban J connectivity index is 1.79. The van der Waals surface area contributed by atoms with E-state index in [0.29, 0.717) is 27.9 Å². The number of hydrogen-bond donors (Lipinski definition) is 1. The molecule has 0 aliphatic carbocycles. The molecule has 0 unspecified atom stereocenters. The van der Waals surface area contributed by atoms with Crippen molar-refractivity contribution >= 4 is 45.0 Å². The summed E-state index contributed by atoms with van der Waals surface area (Å²) in [5, 5.41) is 13.9. The van der Waals surface area contributed by atoms with Crippen LogP contribution in [0.2, 0.25) is 0 Å². The van der Waals surface area contributed by atoms with Crippen LogP contribution in [0.5, 0.6) is 5.75 Å². The van der Waals surface area contributed by atoms with Crippen LogP contribution < -0.4 is 15.6 Å². The third kappa shape index (κ3) is 3.80. The van der Waals surface area contributed by atoms with Gasteiger partial charge in [0.25, 0.3) is 5.56 Å². The number of thioether (sulfide) groups is 1. The summed E-state index contributed by atoms with van der Waals surface area (Å²) in [7, 11) is 1.60. The normalized spacial score (nSPS) is 11.5. The quantitative estimate of drug-likeness (QED) is 0.442. The summed E-state index contributed by atoms with van der Waals surface area (Å²) in [4.78, 5) is 25.3. The van der Waals surface area contributed by atoms with Gasteiger partial charge in [0, 0.05) is 11.6 Å². The molecule has 0 aliphatic rings. The Kier molecular flexibility index (Phi) is 5.78. The first kappa shape index (κ1) is 20.4. The molecule has 30 heavy (non-hydrogen) atoms. The van der Waals surface area contributed by atoms with E-state index < -0.39 is 0 Å². The van der Waals surface area contributed by atoms with Crippen LogP contribution in [0, 0.1) is 0 Å². The first-order valence-corrected chi connectivity index (χ1v) is 11.2. The second-order valence-corrected chi connectivity index (χ2v) is 8.83. The Labute approximate surface area is 180 Å². The smallest absolute Gasteiger partial charge is 0.273 e. The maximum Gasteiger partial charge on any atom is 0.273 e. The van der Waals surface area contributed by atoms with Crippen LogP contribution in [0.3, 0.4) is 0 Å². The van der Waals surface area contributed by atoms with E-state index in [1.54, 1.807) is 11.7 Å². The average molecular weight is 444 g/mol. The predicted octanol–water partition coefficient (Wildman–Crippen LogP) is 2.78. The molecule has 156 valence electrons. The molecule has 10 heteroatoms. The van der Waals surface area contributed by atoms with Gasteiger partial charge in [-0.15, -0.1) is 21.5 Å². The zero-order valence-electron chi connectivity index (χ0n) is 16.8. The summed E-state index contributed by atoms with van der Waals surface area (Å²) >= 11 is 2.67. The molecule has 0 saturated carbocycles. The molecule has 0 radical (unpaired) electrons. The fraction of sp³-hybridized carbons (Fsp3) is 0.300. The standard InChI is InChI=1S/C20H21N5O3S2/c1-12(2)21-16(26)11-30-20-23-22-19-24(10-13-6-4-5-7-15(13)28-3)18(27)17-14(25(19)20)8-9-29-17/h4-9,12H,10-11H2,1-3H3,(H,21,26). The molecule has 8 nitrogen and oxygen atoms in total. The number of ether oxygens (including phenoxy) is 1. The Morgan fingerprint density at radius 3 is 2.83 bits per heavy atom. The van der Waals surface area contributed by atoms with Crippen molar-refractivity contribution in [2.24, 2.45) is 0 Å². The van der Waals surface area contributed by atoms with Crippen LogP contribution in [0.25, 0.3) is 16.0 Å². The lowest BCUT2D eigenvalue weighted by atomic mass is 10.2. The zero-order chi connectivity index (χ0) is 21.3. The molecule has 1 aromatic carbocycles. The number of thiophene rings is 1. The van der Waals surface area contributed by atoms with Gasteiger partial charge in [-0.2, -0.15) is 0 Å². The highest BCUT2D eigenvalue weighted by Gasteiger charge is 2.19. The van der Waals surface area contributed by atoms with E-state index >= 15 is 0 Å². The van der Waals surface area contributed by atoms with Crippen LogP contribution in [-0.2, 0) is 11.3 Å². The number of rotatable bonds is 7. The van der Waals surface area contributed by atoms with Gasteiger partial charge in [0.2, 0.25) is 11.7 Å². The van der Waals surface area contributed by atoms with Crippen LogP contribution >= 0.6 is 23.1 Å². The Hall–Kier alpha value is -2.85. The molecule has 0 saturated heterocycles. The highest BCUT2D eigenvalue weighted by atomic mass is 32.2. The highest BCUT2D eigenvalue weighted by molar-refractivity contribution is 7.99. The second kappa shape index (κ2) is 8.49. The Morgan fingerprint density at radius 2 is 2.07 bits per heavy atom. The lowest BCUT2D eigenvalue weighted by molar-refractivity contribution is -0.119. The number of aromatic nitrogens is 4. The maximum absolute atomic E-state index is 13.2. The average Bonchev–Trinajstić information content (AvgIpc) is 3.36. The van der Waals surface area contributed by atoms with E-state index in [2.05, 4.69) is 15.5 Å². The summed E-state index contributed by atoms with van der Waals surface area (Å²) in [6, 6.07) is 9.52. The summed E-state index contributed by atoms with van der Waals surface area (Å²) in [5.74, 6) is 1.28. The van der Waals surface area contributed by atoms with E-state index in [9.17, 15) is 9.59 Å². The van der Waals surface area contributed by atoms with Crippen molar-refractivity contribution in [3.63, 3.8) is 0 Å². The van der Waals surface area contributed by atoms with E-state index in [-0.39, 0.29) is 23.3 Å². The van der Waals surface area contributed by atoms with Gasteiger partial charge in [-0.3, -0.25) is 18.6 Å². The van der Waals surface area contributed by atoms with Crippen LogP contribution in [0.15, 0.2) is 45.7 Å². The van der Waals surface area contributed by atoms with Crippen molar-refractivity contribution in [1.82, 2.24) is 24.5 Å². The predicted molar refractivity (Wildman–Crippen MR) is 119 cm³/mol. The molecule has 0 bridgehead atoms. The van der Waals surface area contributed by atoms with Crippen LogP contribution in [0.1, 0.15) is 19.4 Å². The number of amides is 1. The van der Waals surface area contributed by atoms with Gasteiger partial charge in [-0.25, -0.2) is 0 Å². The first-order valence-electron chi connectivity index (χ1n) is 9.38. The van der Waals surface area contributed by atoms with Gasteiger partial charge in [0.1, 0.15) is 10.4 Å². The molecule has 4 rings (SSSR count). The molecule has 3 heterocycles. The minimum absolute atomic E-state index is 0.0721. The topological polar surface area (TPSA) is 90.5 Å². The van der Waals surface area contributed by atoms with Crippen LogP contribution in [-0.4, -0.2) is 44.0 Å². The summed E-state index contributed by atoms with van der Waals surface area (Å²) in [5.41, 5.74) is 1.49. The highest BCUT2D eigenvalue weighted by Crippen LogP contribution is 2.25. The zero-order valence-corrected chi connectivity index (χ0v) is 18.4. The maximum atomic E-state index is 13.2. The molecular formula is C20H21N5O3S2. The molecule has 1 N–H and O–H groups in total. The van der Waals surface area contributed by atoms with Crippen molar-refractivity contribution in [3.05, 3.63) is 51.6 Å². The van der Waals surface area contributed by atoms with Crippen molar-refractivity contribution in [2.75, 3.05) is 12.9 Å². The number of carbonyl (C=O) groups is 1. The minimum atomic E-state index is -0.125. The Morgan fingerprint density at radius 1 is 1.27 bits per heavy atom. The monoisotopic (exact) mass is 443 g/mol. The van der Waals surface area contributed by atoms with Gasteiger partial charge in [0.05, 0.1) is 24.9 Å². The largest absolute Gasteiger partial charge is 0.496 e. The number of hydrogen-bond acceptors (Lipinski definition) is 7. The number of nitrogens with zero attached hydrogens (tertiary/aromatic N) is 4. The lowest BCUT2D eigenvalue weighted by Crippen LogP contribution is -2.31. The van der Waals surface area contributed by atoms with E-state index in [4.69, 9.17) is 4.74 Å². The third-order valence-electron chi connectivity index (χ3n) is 4.49. The number of para-hydroxylation sites is 1. The fourth-order valence-electron chi connectivity index (χ4n) is 3.23. The second-order valence-electron chi connectivity index (χ2n) is 6.97. The fourth-order valence-corrected chi connectivity index (χ4v) is 4.81. The molecule has 1 amide bonds. The number of carbonyl (C=O) groups excluding carboxylic acids is 1. The first-order chi connectivity index (χ1) is 14.5. The number of nitrogens with one attached hydrogen (secondary N) is 1. The molecule has 4 aromatic rings. The van der Waals surface area contributed by atoms with Crippen LogP contribution in [0.4, 0.5) is 0 Å². The van der Waals surface area contributed by atoms with Gasteiger partial charge in [-0.05, 0) is 31.4 Å². The molecular weight excluding hydrogens is 422 g/mol. The van der Waals surface area contributed by atoms with Gasteiger partial charge >= 0.3 is 0 Å². The summed E-state index contributed by atoms with van der Waals surface area (Å²) < 4.78 is 9.50. The molecule has 0 fully saturated rings. The van der Waals surface area contributed by atoms with E-state index in [1.807, 2.05) is 54.0 Å². The van der Waals surface area contributed by atoms with Crippen molar-refractivity contribution in [2.45, 2.75) is 31.6 Å². The van der Waals surface area contributed by atoms with E-state index in [0.717, 1.165) is 11.1 Å². The van der Waals surface area contributed by atoms with E-state index in [1.165, 1.54) is 23.1 Å². The van der Waals surface area contributed by atoms with Gasteiger partial charge in [-0.1, -0.05) is 30.0 Å². The minimum Gasteiger partial charge on any atom is -0.496 e. The molecule has 3 aromatic heterocycles. The Bertz CT molecular complexity index is 1270. The van der Waals surface area contributed by atoms with Crippen molar-refractivity contribution < 1.29 is 9.53 Å². The third-order valence-corrected chi connectivity index (χ3v) is 6.31. The van der Waals surface area contributed by atoms with Crippen molar-refractivity contribution in [3.8, 4) is 5.75 Å².